The van der Waals surface area contributed by atoms with E-state index in [2.05, 4.69) is 15.5 Å². The Morgan fingerprint density at radius 1 is 1.47 bits per heavy atom. The molecule has 0 bridgehead atoms. The van der Waals surface area contributed by atoms with Gasteiger partial charge in [0, 0.05) is 0 Å². The summed E-state index contributed by atoms with van der Waals surface area (Å²) in [6.07, 6.45) is 0. The minimum atomic E-state index is 0.0101. The van der Waals surface area contributed by atoms with Crippen molar-refractivity contribution in [3.05, 3.63) is 40.9 Å². The molecular weight excluding hydrogens is 278 g/mol. The van der Waals surface area contributed by atoms with Crippen LogP contribution in [-0.2, 0) is 4.79 Å². The zero-order chi connectivity index (χ0) is 13.7. The summed E-state index contributed by atoms with van der Waals surface area (Å²) < 4.78 is 0.818. The molecule has 2 aromatic rings. The van der Waals surface area contributed by atoms with Gasteiger partial charge in [-0.1, -0.05) is 47.4 Å². The maximum absolute atomic E-state index is 11.9. The van der Waals surface area contributed by atoms with Crippen molar-refractivity contribution in [3.8, 4) is 0 Å². The van der Waals surface area contributed by atoms with Crippen LogP contribution >= 0.6 is 23.1 Å². The van der Waals surface area contributed by atoms with Gasteiger partial charge >= 0.3 is 0 Å². The monoisotopic (exact) mass is 293 g/mol. The van der Waals surface area contributed by atoms with Gasteiger partial charge in [0.15, 0.2) is 4.34 Å². The molecule has 1 atom stereocenters. The molecule has 1 aromatic carbocycles. The Hall–Kier alpha value is -1.40. The first kappa shape index (κ1) is 14.0. The van der Waals surface area contributed by atoms with Gasteiger partial charge in [-0.25, -0.2) is 0 Å². The summed E-state index contributed by atoms with van der Waals surface area (Å²) in [6, 6.07) is 8.09. The second-order valence-electron chi connectivity index (χ2n) is 4.14. The van der Waals surface area contributed by atoms with E-state index in [1.165, 1.54) is 28.7 Å². The lowest BCUT2D eigenvalue weighted by molar-refractivity contribution is -0.119. The largest absolute Gasteiger partial charge is 0.349 e. The maximum atomic E-state index is 11.9. The van der Waals surface area contributed by atoms with Gasteiger partial charge in [0.05, 0.1) is 11.8 Å². The number of benzene rings is 1. The second-order valence-corrected chi connectivity index (χ2v) is 6.19. The van der Waals surface area contributed by atoms with Gasteiger partial charge in [-0.15, -0.1) is 10.2 Å². The Labute approximate surface area is 120 Å². The van der Waals surface area contributed by atoms with Crippen molar-refractivity contribution in [2.45, 2.75) is 24.2 Å². The number of hydrogen-bond donors (Lipinski definition) is 1. The molecule has 0 saturated carbocycles. The molecule has 1 N–H and O–H groups in total. The first-order chi connectivity index (χ1) is 9.16. The van der Waals surface area contributed by atoms with E-state index in [1.807, 2.05) is 38.1 Å². The van der Waals surface area contributed by atoms with E-state index < -0.39 is 0 Å². The van der Waals surface area contributed by atoms with E-state index in [4.69, 9.17) is 0 Å². The third-order valence-corrected chi connectivity index (χ3v) is 4.56. The van der Waals surface area contributed by atoms with Crippen LogP contribution in [0.4, 0.5) is 0 Å². The Kier molecular flexibility index (Phi) is 4.93. The lowest BCUT2D eigenvalue weighted by atomic mass is 10.0. The predicted molar refractivity (Wildman–Crippen MR) is 78.4 cm³/mol. The normalized spacial score (nSPS) is 12.1. The number of amides is 1. The van der Waals surface area contributed by atoms with Crippen molar-refractivity contribution >= 4 is 29.0 Å². The van der Waals surface area contributed by atoms with Crippen LogP contribution in [0.3, 0.4) is 0 Å². The highest BCUT2D eigenvalue weighted by atomic mass is 32.2. The fourth-order valence-corrected chi connectivity index (χ4v) is 3.09. The van der Waals surface area contributed by atoms with E-state index >= 15 is 0 Å². The van der Waals surface area contributed by atoms with Gasteiger partial charge in [-0.05, 0) is 25.0 Å². The quantitative estimate of drug-likeness (QED) is 0.861. The smallest absolute Gasteiger partial charge is 0.230 e. The minimum Gasteiger partial charge on any atom is -0.349 e. The molecule has 0 aliphatic carbocycles. The molecule has 2 rings (SSSR count). The van der Waals surface area contributed by atoms with E-state index in [0.717, 1.165) is 9.90 Å². The molecule has 0 fully saturated rings. The fourth-order valence-electron chi connectivity index (χ4n) is 1.79. The van der Waals surface area contributed by atoms with Gasteiger partial charge < -0.3 is 5.32 Å². The first-order valence-corrected chi connectivity index (χ1v) is 7.77. The van der Waals surface area contributed by atoms with Gasteiger partial charge in [0.25, 0.3) is 0 Å². The summed E-state index contributed by atoms with van der Waals surface area (Å²) in [7, 11) is 0. The number of thioether (sulfide) groups is 1. The highest BCUT2D eigenvalue weighted by molar-refractivity contribution is 8.01. The molecule has 1 unspecified atom stereocenters. The number of nitrogens with zero attached hydrogens (tertiary/aromatic N) is 2. The molecule has 1 heterocycles. The summed E-state index contributed by atoms with van der Waals surface area (Å²) in [4.78, 5) is 11.9. The summed E-state index contributed by atoms with van der Waals surface area (Å²) >= 11 is 2.85. The summed E-state index contributed by atoms with van der Waals surface area (Å²) in [6.45, 7) is 4.05. The van der Waals surface area contributed by atoms with Crippen LogP contribution in [-0.4, -0.2) is 21.9 Å². The predicted octanol–water partition coefficient (Wildman–Crippen LogP) is 2.82. The molecular formula is C13H15N3OS2. The number of carbonyl (C=O) groups excluding carboxylic acids is 1. The van der Waals surface area contributed by atoms with Crippen LogP contribution in [0.5, 0.6) is 0 Å². The highest BCUT2D eigenvalue weighted by Gasteiger charge is 2.12. The van der Waals surface area contributed by atoms with Crippen molar-refractivity contribution < 1.29 is 4.79 Å². The zero-order valence-corrected chi connectivity index (χ0v) is 12.4. The summed E-state index contributed by atoms with van der Waals surface area (Å²) in [5, 5.41) is 10.6. The molecule has 4 nitrogen and oxygen atoms in total. The van der Waals surface area contributed by atoms with Crippen molar-refractivity contribution in [2.24, 2.45) is 0 Å². The standard InChI is InChI=1S/C13H15N3OS2/c1-9-5-3-4-6-11(9)10(2)15-12(17)7-18-13-16-14-8-19-13/h3-6,8,10H,7H2,1-2H3,(H,15,17). The second kappa shape index (κ2) is 6.68. The number of aryl methyl sites for hydroxylation is 1. The average molecular weight is 293 g/mol. The van der Waals surface area contributed by atoms with Crippen LogP contribution in [0.2, 0.25) is 0 Å². The van der Waals surface area contributed by atoms with E-state index in [1.54, 1.807) is 5.51 Å². The SMILES string of the molecule is Cc1ccccc1C(C)NC(=O)CSc1nncs1. The van der Waals surface area contributed by atoms with E-state index in [0.29, 0.717) is 5.75 Å². The molecule has 0 aliphatic rings. The number of rotatable bonds is 5. The van der Waals surface area contributed by atoms with Gasteiger partial charge in [-0.2, -0.15) is 0 Å². The van der Waals surface area contributed by atoms with Gasteiger partial charge in [0.2, 0.25) is 5.91 Å². The summed E-state index contributed by atoms with van der Waals surface area (Å²) in [5.41, 5.74) is 4.00. The molecule has 0 saturated heterocycles. The van der Waals surface area contributed by atoms with Crippen LogP contribution in [0.25, 0.3) is 0 Å². The van der Waals surface area contributed by atoms with Crippen molar-refractivity contribution in [1.82, 2.24) is 15.5 Å². The molecule has 19 heavy (non-hydrogen) atoms. The molecule has 0 radical (unpaired) electrons. The van der Waals surface area contributed by atoms with Gasteiger partial charge in [-0.3, -0.25) is 4.79 Å². The van der Waals surface area contributed by atoms with Crippen LogP contribution in [0.1, 0.15) is 24.1 Å². The molecule has 0 spiro atoms. The number of carbonyl (C=O) groups is 1. The number of aromatic nitrogens is 2. The van der Waals surface area contributed by atoms with E-state index in [-0.39, 0.29) is 11.9 Å². The average Bonchev–Trinajstić information content (AvgIpc) is 2.90. The fraction of sp³-hybridized carbons (Fsp3) is 0.308. The number of nitrogens with one attached hydrogen (secondary N) is 1. The van der Waals surface area contributed by atoms with Crippen molar-refractivity contribution in [2.75, 3.05) is 5.75 Å². The molecule has 1 amide bonds. The lowest BCUT2D eigenvalue weighted by Crippen LogP contribution is -2.28. The van der Waals surface area contributed by atoms with Gasteiger partial charge in [0.1, 0.15) is 5.51 Å². The number of hydrogen-bond acceptors (Lipinski definition) is 5. The van der Waals surface area contributed by atoms with Crippen LogP contribution in [0.15, 0.2) is 34.1 Å². The molecule has 100 valence electrons. The Morgan fingerprint density at radius 2 is 2.26 bits per heavy atom. The third kappa shape index (κ3) is 4.04. The highest BCUT2D eigenvalue weighted by Crippen LogP contribution is 2.20. The van der Waals surface area contributed by atoms with Crippen LogP contribution in [0, 0.1) is 6.92 Å². The molecule has 6 heteroatoms. The molecule has 1 aromatic heterocycles. The van der Waals surface area contributed by atoms with E-state index in [9.17, 15) is 4.79 Å². The zero-order valence-electron chi connectivity index (χ0n) is 10.8. The minimum absolute atomic E-state index is 0.0101. The topological polar surface area (TPSA) is 54.9 Å². The maximum Gasteiger partial charge on any atom is 0.230 e. The summed E-state index contributed by atoms with van der Waals surface area (Å²) in [5.74, 6) is 0.377. The Morgan fingerprint density at radius 3 is 2.95 bits per heavy atom. The third-order valence-electron chi connectivity index (χ3n) is 2.70. The lowest BCUT2D eigenvalue weighted by Gasteiger charge is -2.16. The Bertz CT molecular complexity index is 543. The van der Waals surface area contributed by atoms with Crippen molar-refractivity contribution in [3.63, 3.8) is 0 Å². The van der Waals surface area contributed by atoms with Crippen molar-refractivity contribution in [1.29, 1.82) is 0 Å². The van der Waals surface area contributed by atoms with Crippen LogP contribution < -0.4 is 5.32 Å². The Balaban J connectivity index is 1.87. The molecule has 0 aliphatic heterocycles. The first-order valence-electron chi connectivity index (χ1n) is 5.90.